The van der Waals surface area contributed by atoms with Gasteiger partial charge in [-0.3, -0.25) is 4.57 Å². The van der Waals surface area contributed by atoms with Gasteiger partial charge in [-0.05, 0) is 26.7 Å². The molecule has 15 nitrogen and oxygen atoms in total. The van der Waals surface area contributed by atoms with Gasteiger partial charge in [0.1, 0.15) is 30.7 Å². The highest BCUT2D eigenvalue weighted by atomic mass is 31.2. The van der Waals surface area contributed by atoms with E-state index >= 15 is 0 Å². The molecule has 37 heavy (non-hydrogen) atoms. The Balaban J connectivity index is 1.60. The topological polar surface area (TPSA) is 222 Å². The summed E-state index contributed by atoms with van der Waals surface area (Å²) in [5.74, 6) is 0.469. The molecular formula is C21H34N5O10P. The van der Waals surface area contributed by atoms with Crippen LogP contribution in [0, 0.1) is 0 Å². The van der Waals surface area contributed by atoms with E-state index in [9.17, 15) is 34.8 Å². The zero-order valence-corrected chi connectivity index (χ0v) is 21.4. The van der Waals surface area contributed by atoms with E-state index in [-0.39, 0.29) is 24.3 Å². The average Bonchev–Trinajstić information content (AvgIpc) is 3.56. The standard InChI is InChI=1S/C21H34N5O10P/c1-11(28)8-34-20-24-17(23-12-5-3-4-6-12)13-7-22-26(18(13)25-20)19-16(30)15(29)14(36-19)9-35-21(2,10-27)37(31,32)33/h7,11-12,14-16,19,27-30H,3-6,8-10H2,1-2H3,(H,23,24,25)(H2,31,32,33)/t11-,14?,15-,16-,19-,21?/m1/s1. The van der Waals surface area contributed by atoms with E-state index in [4.69, 9.17) is 14.2 Å². The minimum absolute atomic E-state index is 0.0241. The largest absolute Gasteiger partial charge is 0.461 e. The summed E-state index contributed by atoms with van der Waals surface area (Å²) >= 11 is 0. The molecule has 208 valence electrons. The van der Waals surface area contributed by atoms with Gasteiger partial charge in [-0.15, -0.1) is 0 Å². The molecule has 1 saturated carbocycles. The van der Waals surface area contributed by atoms with Crippen LogP contribution in [0.15, 0.2) is 6.20 Å². The molecule has 0 spiro atoms. The molecule has 1 aliphatic heterocycles. The van der Waals surface area contributed by atoms with Crippen LogP contribution in [0.3, 0.4) is 0 Å². The first-order chi connectivity index (χ1) is 17.4. The summed E-state index contributed by atoms with van der Waals surface area (Å²) < 4.78 is 29.5. The third-order valence-electron chi connectivity index (χ3n) is 6.63. The highest BCUT2D eigenvalue weighted by Gasteiger charge is 2.48. The number of fused-ring (bicyclic) bond motifs is 1. The number of aromatic nitrogens is 4. The van der Waals surface area contributed by atoms with Crippen LogP contribution >= 0.6 is 7.60 Å². The Morgan fingerprint density at radius 2 is 1.97 bits per heavy atom. The van der Waals surface area contributed by atoms with Crippen LogP contribution in [0.25, 0.3) is 11.0 Å². The maximum Gasteiger partial charge on any atom is 0.359 e. The van der Waals surface area contributed by atoms with Crippen LogP contribution < -0.4 is 10.1 Å². The Morgan fingerprint density at radius 1 is 1.27 bits per heavy atom. The van der Waals surface area contributed by atoms with Crippen LogP contribution in [0.5, 0.6) is 6.01 Å². The van der Waals surface area contributed by atoms with Crippen molar-refractivity contribution in [3.63, 3.8) is 0 Å². The average molecular weight is 548 g/mol. The minimum Gasteiger partial charge on any atom is -0.461 e. The number of rotatable bonds is 11. The molecule has 4 rings (SSSR count). The fourth-order valence-corrected chi connectivity index (χ4v) is 4.70. The Bertz CT molecular complexity index is 1120. The van der Waals surface area contributed by atoms with E-state index in [1.54, 1.807) is 6.92 Å². The molecular weight excluding hydrogens is 513 g/mol. The summed E-state index contributed by atoms with van der Waals surface area (Å²) in [6, 6.07) is 0.182. The number of hydrogen-bond acceptors (Lipinski definition) is 12. The van der Waals surface area contributed by atoms with Gasteiger partial charge in [0.05, 0.1) is 30.9 Å². The molecule has 2 fully saturated rings. The smallest absolute Gasteiger partial charge is 0.359 e. The SMILES string of the molecule is C[C@@H](O)COc1nc(NC2CCCC2)c2cnn([C@@H]3OC(COC(C)(CO)P(=O)(O)O)[C@@H](O)[C@H]3O)c2n1. The predicted molar refractivity (Wildman–Crippen MR) is 128 cm³/mol. The van der Waals surface area contributed by atoms with Gasteiger partial charge >= 0.3 is 13.6 Å². The van der Waals surface area contributed by atoms with Crippen molar-refractivity contribution in [2.75, 3.05) is 25.1 Å². The van der Waals surface area contributed by atoms with Crippen LogP contribution in [0.2, 0.25) is 0 Å². The van der Waals surface area contributed by atoms with Crippen LogP contribution in [0.1, 0.15) is 45.8 Å². The molecule has 0 bridgehead atoms. The van der Waals surface area contributed by atoms with Gasteiger partial charge in [0.15, 0.2) is 17.2 Å². The fraction of sp³-hybridized carbons (Fsp3) is 0.762. The molecule has 16 heteroatoms. The lowest BCUT2D eigenvalue weighted by Crippen LogP contribution is -2.39. The molecule has 2 aromatic rings. The van der Waals surface area contributed by atoms with Crippen LogP contribution in [-0.2, 0) is 14.0 Å². The van der Waals surface area contributed by atoms with E-state index < -0.39 is 56.8 Å². The van der Waals surface area contributed by atoms with Gasteiger partial charge < -0.3 is 49.7 Å². The van der Waals surface area contributed by atoms with E-state index in [0.717, 1.165) is 32.6 Å². The molecule has 3 heterocycles. The number of nitrogens with one attached hydrogen (secondary N) is 1. The van der Waals surface area contributed by atoms with E-state index in [1.807, 2.05) is 0 Å². The number of aliphatic hydroxyl groups is 4. The second kappa shape index (κ2) is 11.0. The zero-order chi connectivity index (χ0) is 27.0. The zero-order valence-electron chi connectivity index (χ0n) is 20.5. The summed E-state index contributed by atoms with van der Waals surface area (Å²) in [6.45, 7) is 1.04. The van der Waals surface area contributed by atoms with Crippen LogP contribution in [0.4, 0.5) is 5.82 Å². The van der Waals surface area contributed by atoms with Crippen molar-refractivity contribution in [3.05, 3.63) is 6.20 Å². The molecule has 6 atom stereocenters. The number of hydrogen-bond donors (Lipinski definition) is 7. The first-order valence-electron chi connectivity index (χ1n) is 12.1. The van der Waals surface area contributed by atoms with Crippen molar-refractivity contribution < 1.29 is 49.0 Å². The molecule has 0 radical (unpaired) electrons. The van der Waals surface area contributed by atoms with Crippen molar-refractivity contribution in [1.29, 1.82) is 0 Å². The minimum atomic E-state index is -4.86. The van der Waals surface area contributed by atoms with Gasteiger partial charge in [-0.25, -0.2) is 4.68 Å². The van der Waals surface area contributed by atoms with Crippen molar-refractivity contribution in [1.82, 2.24) is 19.7 Å². The molecule has 1 saturated heterocycles. The van der Waals surface area contributed by atoms with Gasteiger partial charge in [-0.1, -0.05) is 12.8 Å². The Kier molecular flexibility index (Phi) is 8.38. The molecule has 2 aromatic heterocycles. The third-order valence-corrected chi connectivity index (χ3v) is 8.13. The van der Waals surface area contributed by atoms with Crippen molar-refractivity contribution >= 4 is 24.4 Å². The quantitative estimate of drug-likeness (QED) is 0.176. The predicted octanol–water partition coefficient (Wildman–Crippen LogP) is -0.538. The summed E-state index contributed by atoms with van der Waals surface area (Å²) in [5.41, 5.74) is 0.240. The second-order valence-electron chi connectivity index (χ2n) is 9.70. The fourth-order valence-electron chi connectivity index (χ4n) is 4.28. The summed E-state index contributed by atoms with van der Waals surface area (Å²) in [6.07, 6.45) is -0.530. The normalized spacial score (nSPS) is 27.5. The number of aliphatic hydroxyl groups excluding tert-OH is 4. The first-order valence-corrected chi connectivity index (χ1v) is 13.7. The molecule has 1 aliphatic carbocycles. The van der Waals surface area contributed by atoms with Crippen LogP contribution in [-0.4, -0.2) is 106 Å². The van der Waals surface area contributed by atoms with E-state index in [1.165, 1.54) is 10.9 Å². The maximum atomic E-state index is 11.7. The summed E-state index contributed by atoms with van der Waals surface area (Å²) in [5, 5.41) is 46.3. The monoisotopic (exact) mass is 547 g/mol. The lowest BCUT2D eigenvalue weighted by Gasteiger charge is -2.29. The van der Waals surface area contributed by atoms with Gasteiger partial charge in [0.25, 0.3) is 0 Å². The lowest BCUT2D eigenvalue weighted by atomic mass is 10.1. The van der Waals surface area contributed by atoms with E-state index in [2.05, 4.69) is 20.4 Å². The summed E-state index contributed by atoms with van der Waals surface area (Å²) in [4.78, 5) is 27.8. The number of ether oxygens (including phenoxy) is 3. The van der Waals surface area contributed by atoms with Crippen molar-refractivity contribution in [2.24, 2.45) is 0 Å². The third kappa shape index (κ3) is 5.90. The molecule has 2 aliphatic rings. The highest BCUT2D eigenvalue weighted by molar-refractivity contribution is 7.53. The molecule has 2 unspecified atom stereocenters. The highest BCUT2D eigenvalue weighted by Crippen LogP contribution is 2.51. The molecule has 0 amide bonds. The van der Waals surface area contributed by atoms with Gasteiger partial charge in [0, 0.05) is 6.04 Å². The Morgan fingerprint density at radius 3 is 2.59 bits per heavy atom. The maximum absolute atomic E-state index is 11.7. The summed E-state index contributed by atoms with van der Waals surface area (Å²) in [7, 11) is -4.86. The van der Waals surface area contributed by atoms with Crippen molar-refractivity contribution in [2.45, 2.75) is 81.6 Å². The number of anilines is 1. The Labute approximate surface area is 212 Å². The lowest BCUT2D eigenvalue weighted by molar-refractivity contribution is -0.104. The number of nitrogens with zero attached hydrogens (tertiary/aromatic N) is 4. The van der Waals surface area contributed by atoms with Crippen molar-refractivity contribution in [3.8, 4) is 6.01 Å². The Hall–Kier alpha value is -1.94. The molecule has 0 aromatic carbocycles. The molecule has 7 N–H and O–H groups in total. The second-order valence-corrected chi connectivity index (χ2v) is 11.7. The van der Waals surface area contributed by atoms with E-state index in [0.29, 0.717) is 11.2 Å². The van der Waals surface area contributed by atoms with Gasteiger partial charge in [0.2, 0.25) is 0 Å². The van der Waals surface area contributed by atoms with Gasteiger partial charge in [-0.2, -0.15) is 15.1 Å². The first kappa shape index (κ1) is 28.1.